The third-order valence-electron chi connectivity index (χ3n) is 3.06. The van der Waals surface area contributed by atoms with Crippen molar-refractivity contribution < 1.29 is 33.1 Å². The van der Waals surface area contributed by atoms with Gasteiger partial charge < -0.3 is 0 Å². The molecule has 3 aromatic rings. The van der Waals surface area contributed by atoms with E-state index >= 15 is 0 Å². The normalized spacial score (nSPS) is 10.3. The molecule has 6 nitrogen and oxygen atoms in total. The Morgan fingerprint density at radius 1 is 1.04 bits per heavy atom. The van der Waals surface area contributed by atoms with E-state index in [-0.39, 0.29) is 20.1 Å². The molecule has 0 saturated carbocycles. The zero-order valence-electron chi connectivity index (χ0n) is 14.3. The Hall–Kier alpha value is -1.99. The van der Waals surface area contributed by atoms with Crippen molar-refractivity contribution in [2.75, 3.05) is 0 Å². The first kappa shape index (κ1) is 22.1. The molecule has 0 saturated heterocycles. The molecule has 2 heterocycles. The minimum Gasteiger partial charge on any atom is -0.279 e. The van der Waals surface area contributed by atoms with E-state index in [0.717, 1.165) is 12.1 Å². The number of hydrogen-bond acceptors (Lipinski definition) is 5. The molecule has 2 aromatic heterocycles. The molecular formula is C18H18IrN3O3S-. The van der Waals surface area contributed by atoms with Crippen molar-refractivity contribution in [1.82, 2.24) is 15.0 Å². The third kappa shape index (κ3) is 7.49. The number of hydrogen-bond donors (Lipinski definition) is 1. The molecule has 0 atom stereocenters. The summed E-state index contributed by atoms with van der Waals surface area (Å²) in [5.41, 5.74) is 3.29. The van der Waals surface area contributed by atoms with E-state index in [4.69, 9.17) is 4.55 Å². The molecule has 3 rings (SSSR count). The molecule has 0 aliphatic carbocycles. The Morgan fingerprint density at radius 2 is 1.69 bits per heavy atom. The van der Waals surface area contributed by atoms with Crippen LogP contribution in [0.4, 0.5) is 0 Å². The van der Waals surface area contributed by atoms with Crippen molar-refractivity contribution in [2.24, 2.45) is 0 Å². The van der Waals surface area contributed by atoms with E-state index in [9.17, 15) is 8.42 Å². The largest absolute Gasteiger partial charge is 0.330 e. The maximum absolute atomic E-state index is 10.6. The van der Waals surface area contributed by atoms with Crippen LogP contribution in [0.1, 0.15) is 22.6 Å². The maximum Gasteiger partial charge on any atom is 0.330 e. The molecule has 0 spiro atoms. The van der Waals surface area contributed by atoms with E-state index < -0.39 is 15.3 Å². The Bertz CT molecular complexity index is 863. The van der Waals surface area contributed by atoms with Gasteiger partial charge in [0, 0.05) is 43.4 Å². The number of pyridine rings is 1. The monoisotopic (exact) mass is 549 g/mol. The second kappa shape index (κ2) is 10.2. The summed E-state index contributed by atoms with van der Waals surface area (Å²) in [4.78, 5) is 11.4. The van der Waals surface area contributed by atoms with Gasteiger partial charge in [-0.3, -0.25) is 9.54 Å². The second-order valence-electron chi connectivity index (χ2n) is 5.29. The average molecular weight is 549 g/mol. The summed E-state index contributed by atoms with van der Waals surface area (Å²) in [5.74, 6) is 0. The molecule has 26 heavy (non-hydrogen) atoms. The Balaban J connectivity index is 0.000000251. The fraction of sp³-hybridized carbons (Fsp3) is 0.167. The first-order valence-corrected chi connectivity index (χ1v) is 8.94. The number of benzene rings is 1. The zero-order chi connectivity index (χ0) is 18.3. The summed E-state index contributed by atoms with van der Waals surface area (Å²) < 4.78 is 29.7. The van der Waals surface area contributed by atoms with Crippen LogP contribution >= 0.6 is 0 Å². The van der Waals surface area contributed by atoms with Gasteiger partial charge >= 0.3 is 10.1 Å². The van der Waals surface area contributed by atoms with Crippen molar-refractivity contribution >= 4 is 10.1 Å². The molecule has 0 aliphatic heterocycles. The number of aryl methyl sites for hydroxylation is 2. The molecule has 139 valence electrons. The predicted molar refractivity (Wildman–Crippen MR) is 93.6 cm³/mol. The van der Waals surface area contributed by atoms with Crippen LogP contribution in [0.15, 0.2) is 59.9 Å². The van der Waals surface area contributed by atoms with Gasteiger partial charge in [-0.2, -0.15) is 44.3 Å². The van der Waals surface area contributed by atoms with Crippen LogP contribution in [0.5, 0.6) is 0 Å². The molecule has 1 radical (unpaired) electrons. The first-order valence-electron chi connectivity index (χ1n) is 7.50. The zero-order valence-corrected chi connectivity index (χ0v) is 17.5. The SMILES string of the molecule is Cc1cc(C)nc(S(=O)(=O)O)n1.[Ir].[c-]1ccccc1Cc1ccccn1. The van der Waals surface area contributed by atoms with Gasteiger partial charge in [0.15, 0.2) is 0 Å². The van der Waals surface area contributed by atoms with Gasteiger partial charge in [-0.15, -0.1) is 0 Å². The summed E-state index contributed by atoms with van der Waals surface area (Å²) in [5, 5.41) is -0.542. The topological polar surface area (TPSA) is 93.0 Å². The van der Waals surface area contributed by atoms with E-state index in [1.807, 2.05) is 42.6 Å². The smallest absolute Gasteiger partial charge is 0.279 e. The fourth-order valence-electron chi connectivity index (χ4n) is 2.05. The van der Waals surface area contributed by atoms with Gasteiger partial charge in [0.2, 0.25) is 0 Å². The van der Waals surface area contributed by atoms with Crippen LogP contribution in [-0.2, 0) is 36.6 Å². The van der Waals surface area contributed by atoms with Gasteiger partial charge in [-0.05, 0) is 38.5 Å². The molecule has 0 amide bonds. The van der Waals surface area contributed by atoms with Crippen molar-refractivity contribution in [3.63, 3.8) is 0 Å². The molecule has 0 aliphatic rings. The van der Waals surface area contributed by atoms with Crippen LogP contribution < -0.4 is 0 Å². The van der Waals surface area contributed by atoms with Gasteiger partial charge in [0.1, 0.15) is 0 Å². The van der Waals surface area contributed by atoms with E-state index in [0.29, 0.717) is 11.4 Å². The fourth-order valence-corrected chi connectivity index (χ4v) is 2.57. The minimum absolute atomic E-state index is 0. The van der Waals surface area contributed by atoms with Crippen LogP contribution in [0, 0.1) is 19.9 Å². The van der Waals surface area contributed by atoms with Gasteiger partial charge in [0.25, 0.3) is 5.16 Å². The molecule has 8 heteroatoms. The van der Waals surface area contributed by atoms with Crippen LogP contribution in [0.25, 0.3) is 0 Å². The molecule has 1 N–H and O–H groups in total. The number of aromatic nitrogens is 3. The summed E-state index contributed by atoms with van der Waals surface area (Å²) >= 11 is 0. The molecule has 0 bridgehead atoms. The molecule has 0 unspecified atom stereocenters. The van der Waals surface area contributed by atoms with Crippen LogP contribution in [-0.4, -0.2) is 27.9 Å². The van der Waals surface area contributed by atoms with E-state index in [2.05, 4.69) is 27.1 Å². The van der Waals surface area contributed by atoms with E-state index in [1.165, 1.54) is 5.56 Å². The summed E-state index contributed by atoms with van der Waals surface area (Å²) in [6, 6.07) is 18.7. The van der Waals surface area contributed by atoms with Gasteiger partial charge in [-0.1, -0.05) is 6.07 Å². The van der Waals surface area contributed by atoms with Gasteiger partial charge in [0.05, 0.1) is 0 Å². The summed E-state index contributed by atoms with van der Waals surface area (Å²) in [7, 11) is -4.27. The third-order valence-corrected chi connectivity index (χ3v) is 3.71. The van der Waals surface area contributed by atoms with Crippen molar-refractivity contribution in [3.05, 3.63) is 83.4 Å². The minimum atomic E-state index is -4.27. The number of nitrogens with zero attached hydrogens (tertiary/aromatic N) is 3. The van der Waals surface area contributed by atoms with Crippen LogP contribution in [0.2, 0.25) is 0 Å². The van der Waals surface area contributed by atoms with Crippen molar-refractivity contribution in [1.29, 1.82) is 0 Å². The quantitative estimate of drug-likeness (QED) is 0.308. The Morgan fingerprint density at radius 3 is 2.19 bits per heavy atom. The maximum atomic E-state index is 10.6. The standard InChI is InChI=1S/C12H10N.C6H8N2O3S.Ir/c1-2-6-11(7-3-1)10-12-8-4-5-9-13-12;1-4-3-5(2)8-6(7-4)12(9,10)11;/h1-6,8-9H,10H2;3H,1-2H3,(H,9,10,11);/q-1;;. The van der Waals surface area contributed by atoms with E-state index in [1.54, 1.807) is 19.9 Å². The Kier molecular flexibility index (Phi) is 8.68. The predicted octanol–water partition coefficient (Wildman–Crippen LogP) is 2.81. The molecule has 0 fully saturated rings. The summed E-state index contributed by atoms with van der Waals surface area (Å²) in [6.07, 6.45) is 2.68. The Labute approximate surface area is 166 Å². The van der Waals surface area contributed by atoms with Crippen molar-refractivity contribution in [3.8, 4) is 0 Å². The average Bonchev–Trinajstić information content (AvgIpc) is 2.56. The number of rotatable bonds is 3. The molecule has 1 aromatic carbocycles. The van der Waals surface area contributed by atoms with Crippen LogP contribution in [0.3, 0.4) is 0 Å². The van der Waals surface area contributed by atoms with Gasteiger partial charge in [-0.25, -0.2) is 9.97 Å². The second-order valence-corrected chi connectivity index (χ2v) is 6.61. The summed E-state index contributed by atoms with van der Waals surface area (Å²) in [6.45, 7) is 3.26. The molecular weight excluding hydrogens is 531 g/mol. The first-order chi connectivity index (χ1) is 11.8. The van der Waals surface area contributed by atoms with Crippen molar-refractivity contribution in [2.45, 2.75) is 25.4 Å².